The summed E-state index contributed by atoms with van der Waals surface area (Å²) in [5, 5.41) is 2.96. The quantitative estimate of drug-likeness (QED) is 0.825. The van der Waals surface area contributed by atoms with Gasteiger partial charge in [-0.3, -0.25) is 0 Å². The topological polar surface area (TPSA) is 62.6 Å². The molecule has 21 heavy (non-hydrogen) atoms. The molecule has 0 bridgehead atoms. The Morgan fingerprint density at radius 1 is 1.48 bits per heavy atom. The molecular weight excluding hydrogens is 356 g/mol. The summed E-state index contributed by atoms with van der Waals surface area (Å²) in [6.07, 6.45) is 4.89. The van der Waals surface area contributed by atoms with Gasteiger partial charge < -0.3 is 9.73 Å². The second-order valence-electron chi connectivity index (χ2n) is 5.44. The van der Waals surface area contributed by atoms with Gasteiger partial charge in [0.2, 0.25) is 10.0 Å². The van der Waals surface area contributed by atoms with Crippen LogP contribution in [0.2, 0.25) is 0 Å². The number of piperidine rings is 1. The maximum Gasteiger partial charge on any atom is 0.247 e. The molecule has 120 valence electrons. The lowest BCUT2D eigenvalue weighted by molar-refractivity contribution is 0.239. The highest BCUT2D eigenvalue weighted by atomic mass is 79.9. The summed E-state index contributed by atoms with van der Waals surface area (Å²) in [7, 11) is -1.70. The van der Waals surface area contributed by atoms with Crippen molar-refractivity contribution < 1.29 is 12.8 Å². The van der Waals surface area contributed by atoms with Gasteiger partial charge in [0.25, 0.3) is 0 Å². The highest BCUT2D eigenvalue weighted by molar-refractivity contribution is 9.10. The van der Waals surface area contributed by atoms with Crippen molar-refractivity contribution in [2.45, 2.75) is 56.5 Å². The normalized spacial score (nSPS) is 20.8. The van der Waals surface area contributed by atoms with Gasteiger partial charge in [0.05, 0.1) is 6.54 Å². The van der Waals surface area contributed by atoms with Gasteiger partial charge in [0.15, 0.2) is 4.67 Å². The summed E-state index contributed by atoms with van der Waals surface area (Å²) < 4.78 is 33.3. The molecule has 5 nitrogen and oxygen atoms in total. The van der Waals surface area contributed by atoms with Crippen LogP contribution in [0.25, 0.3) is 0 Å². The molecule has 0 spiro atoms. The molecule has 1 aromatic rings. The van der Waals surface area contributed by atoms with Gasteiger partial charge in [-0.05, 0) is 42.2 Å². The van der Waals surface area contributed by atoms with Crippen molar-refractivity contribution in [3.8, 4) is 0 Å². The standard InChI is InChI=1S/C14H23BrN2O3S/c1-3-6-11-7-4-5-8-17(11)21(18,19)13-9-12(10-16-2)20-14(13)15/h9,11,16H,3-8,10H2,1-2H3. The van der Waals surface area contributed by atoms with E-state index in [1.54, 1.807) is 17.4 Å². The Hall–Kier alpha value is -0.370. The number of nitrogens with one attached hydrogen (secondary N) is 1. The van der Waals surface area contributed by atoms with Crippen molar-refractivity contribution in [3.63, 3.8) is 0 Å². The third kappa shape index (κ3) is 3.70. The van der Waals surface area contributed by atoms with Gasteiger partial charge in [-0.15, -0.1) is 0 Å². The minimum atomic E-state index is -3.50. The fourth-order valence-corrected chi connectivity index (χ4v) is 5.56. The van der Waals surface area contributed by atoms with E-state index in [1.165, 1.54) is 0 Å². The number of halogens is 1. The Labute approximate surface area is 135 Å². The highest BCUT2D eigenvalue weighted by Gasteiger charge is 2.35. The van der Waals surface area contributed by atoms with Gasteiger partial charge >= 0.3 is 0 Å². The van der Waals surface area contributed by atoms with Crippen LogP contribution in [0.5, 0.6) is 0 Å². The van der Waals surface area contributed by atoms with E-state index in [1.807, 2.05) is 0 Å². The van der Waals surface area contributed by atoms with Crippen molar-refractivity contribution in [2.24, 2.45) is 0 Å². The van der Waals surface area contributed by atoms with Gasteiger partial charge in [0.1, 0.15) is 10.7 Å². The van der Waals surface area contributed by atoms with E-state index in [2.05, 4.69) is 28.2 Å². The third-order valence-electron chi connectivity index (χ3n) is 3.84. The molecule has 7 heteroatoms. The molecule has 1 fully saturated rings. The fourth-order valence-electron chi connectivity index (χ4n) is 2.87. The molecule has 1 unspecified atom stereocenters. The van der Waals surface area contributed by atoms with Gasteiger partial charge in [0, 0.05) is 18.7 Å². The molecule has 0 radical (unpaired) electrons. The summed E-state index contributed by atoms with van der Waals surface area (Å²) in [6, 6.07) is 1.73. The van der Waals surface area contributed by atoms with Crippen molar-refractivity contribution >= 4 is 26.0 Å². The van der Waals surface area contributed by atoms with Crippen LogP contribution in [0.15, 0.2) is 20.0 Å². The molecule has 2 rings (SSSR count). The smallest absolute Gasteiger partial charge is 0.247 e. The maximum atomic E-state index is 12.9. The zero-order chi connectivity index (χ0) is 15.5. The lowest BCUT2D eigenvalue weighted by Crippen LogP contribution is -2.43. The summed E-state index contributed by atoms with van der Waals surface area (Å²) >= 11 is 3.25. The average molecular weight is 379 g/mol. The molecule has 1 N–H and O–H groups in total. The van der Waals surface area contributed by atoms with Crippen LogP contribution in [0.4, 0.5) is 0 Å². The third-order valence-corrected chi connectivity index (χ3v) is 6.65. The number of hydrogen-bond acceptors (Lipinski definition) is 4. The second kappa shape index (κ2) is 7.26. The van der Waals surface area contributed by atoms with Crippen LogP contribution in [0.1, 0.15) is 44.8 Å². The number of nitrogens with zero attached hydrogens (tertiary/aromatic N) is 1. The number of hydrogen-bond donors (Lipinski definition) is 1. The molecule has 0 amide bonds. The molecule has 1 atom stereocenters. The Balaban J connectivity index is 2.31. The first-order valence-corrected chi connectivity index (χ1v) is 9.68. The molecule has 0 saturated carbocycles. The number of rotatable bonds is 6. The van der Waals surface area contributed by atoms with Crippen LogP contribution in [-0.4, -0.2) is 32.4 Å². The number of furan rings is 1. The van der Waals surface area contributed by atoms with Crippen molar-refractivity contribution in [1.29, 1.82) is 0 Å². The van der Waals surface area contributed by atoms with Gasteiger partial charge in [-0.25, -0.2) is 8.42 Å². The van der Waals surface area contributed by atoms with Crippen molar-refractivity contribution in [2.75, 3.05) is 13.6 Å². The van der Waals surface area contributed by atoms with Crippen molar-refractivity contribution in [1.82, 2.24) is 9.62 Å². The SMILES string of the molecule is CCCC1CCCCN1S(=O)(=O)c1cc(CNC)oc1Br. The lowest BCUT2D eigenvalue weighted by Gasteiger charge is -2.34. The first-order chi connectivity index (χ1) is 10.0. The first-order valence-electron chi connectivity index (χ1n) is 7.45. The van der Waals surface area contributed by atoms with E-state index >= 15 is 0 Å². The van der Waals surface area contributed by atoms with Crippen LogP contribution in [-0.2, 0) is 16.6 Å². The van der Waals surface area contributed by atoms with E-state index in [0.29, 0.717) is 23.5 Å². The largest absolute Gasteiger partial charge is 0.452 e. The molecule has 0 aromatic carbocycles. The molecule has 1 aliphatic rings. The summed E-state index contributed by atoms with van der Waals surface area (Å²) in [6.45, 7) is 3.21. The predicted molar refractivity (Wildman–Crippen MR) is 85.6 cm³/mol. The Morgan fingerprint density at radius 3 is 2.90 bits per heavy atom. The van der Waals surface area contributed by atoms with E-state index in [0.717, 1.165) is 32.1 Å². The van der Waals surface area contributed by atoms with Crippen LogP contribution >= 0.6 is 15.9 Å². The minimum Gasteiger partial charge on any atom is -0.452 e. The van der Waals surface area contributed by atoms with Crippen LogP contribution in [0.3, 0.4) is 0 Å². The van der Waals surface area contributed by atoms with E-state index < -0.39 is 10.0 Å². The molecule has 1 aliphatic heterocycles. The number of sulfonamides is 1. The summed E-state index contributed by atoms with van der Waals surface area (Å²) in [4.78, 5) is 0.246. The molecule has 2 heterocycles. The molecule has 1 aromatic heterocycles. The maximum absolute atomic E-state index is 12.9. The van der Waals surface area contributed by atoms with E-state index in [9.17, 15) is 8.42 Å². The van der Waals surface area contributed by atoms with Gasteiger partial charge in [-0.1, -0.05) is 19.8 Å². The van der Waals surface area contributed by atoms with Crippen LogP contribution in [0, 0.1) is 0 Å². The molecular formula is C14H23BrN2O3S. The minimum absolute atomic E-state index is 0.114. The Kier molecular flexibility index (Phi) is 5.88. The zero-order valence-corrected chi connectivity index (χ0v) is 15.0. The summed E-state index contributed by atoms with van der Waals surface area (Å²) in [5.74, 6) is 0.618. The average Bonchev–Trinajstić information content (AvgIpc) is 2.82. The Bertz CT molecular complexity index is 569. The summed E-state index contributed by atoms with van der Waals surface area (Å²) in [5.41, 5.74) is 0. The molecule has 0 aliphatic carbocycles. The van der Waals surface area contributed by atoms with E-state index in [4.69, 9.17) is 4.42 Å². The molecule has 1 saturated heterocycles. The zero-order valence-electron chi connectivity index (χ0n) is 12.6. The Morgan fingerprint density at radius 2 is 2.24 bits per heavy atom. The van der Waals surface area contributed by atoms with Crippen molar-refractivity contribution in [3.05, 3.63) is 16.5 Å². The van der Waals surface area contributed by atoms with Gasteiger partial charge in [-0.2, -0.15) is 4.31 Å². The lowest BCUT2D eigenvalue weighted by atomic mass is 10.0. The second-order valence-corrected chi connectivity index (χ2v) is 8.01. The van der Waals surface area contributed by atoms with Crippen LogP contribution < -0.4 is 5.32 Å². The monoisotopic (exact) mass is 378 g/mol. The highest BCUT2D eigenvalue weighted by Crippen LogP contribution is 2.33. The predicted octanol–water partition coefficient (Wildman–Crippen LogP) is 3.10. The van der Waals surface area contributed by atoms with E-state index in [-0.39, 0.29) is 10.9 Å². The fraction of sp³-hybridized carbons (Fsp3) is 0.714. The first kappa shape index (κ1) is 17.0.